The highest BCUT2D eigenvalue weighted by Crippen LogP contribution is 2.08. The van der Waals surface area contributed by atoms with Crippen LogP contribution in [0.4, 0.5) is 0 Å². The van der Waals surface area contributed by atoms with Crippen LogP contribution in [-0.4, -0.2) is 56.7 Å². The van der Waals surface area contributed by atoms with E-state index in [1.54, 1.807) is 0 Å². The van der Waals surface area contributed by atoms with Crippen LogP contribution in [0.2, 0.25) is 0 Å². The molecule has 0 amide bonds. The molecule has 0 saturated carbocycles. The SMILES string of the molecule is CCNC(=NCCN1CCCCC1)NCCOc1ccccc1. The van der Waals surface area contributed by atoms with Gasteiger partial charge in [0.15, 0.2) is 5.96 Å². The fourth-order valence-corrected chi connectivity index (χ4v) is 2.68. The highest BCUT2D eigenvalue weighted by molar-refractivity contribution is 5.79. The first-order valence-electron chi connectivity index (χ1n) is 8.81. The lowest BCUT2D eigenvalue weighted by Crippen LogP contribution is -2.40. The molecule has 0 atom stereocenters. The number of likely N-dealkylation sites (tertiary alicyclic amines) is 1. The molecule has 0 radical (unpaired) electrons. The van der Waals surface area contributed by atoms with E-state index in [9.17, 15) is 0 Å². The van der Waals surface area contributed by atoms with Crippen molar-refractivity contribution < 1.29 is 4.74 Å². The summed E-state index contributed by atoms with van der Waals surface area (Å²) in [4.78, 5) is 7.16. The number of rotatable bonds is 8. The molecular formula is C18H30N4O. The van der Waals surface area contributed by atoms with Crippen molar-refractivity contribution in [3.63, 3.8) is 0 Å². The zero-order valence-electron chi connectivity index (χ0n) is 14.3. The van der Waals surface area contributed by atoms with Gasteiger partial charge in [-0.1, -0.05) is 24.6 Å². The first-order valence-corrected chi connectivity index (χ1v) is 8.81. The van der Waals surface area contributed by atoms with Crippen LogP contribution in [0.25, 0.3) is 0 Å². The lowest BCUT2D eigenvalue weighted by atomic mass is 10.1. The van der Waals surface area contributed by atoms with Crippen molar-refractivity contribution in [3.05, 3.63) is 30.3 Å². The van der Waals surface area contributed by atoms with Gasteiger partial charge >= 0.3 is 0 Å². The van der Waals surface area contributed by atoms with E-state index in [1.165, 1.54) is 32.4 Å². The molecule has 128 valence electrons. The third kappa shape index (κ3) is 7.37. The molecule has 1 heterocycles. The minimum atomic E-state index is 0.626. The van der Waals surface area contributed by atoms with Gasteiger partial charge in [0.25, 0.3) is 0 Å². The summed E-state index contributed by atoms with van der Waals surface area (Å²) < 4.78 is 5.68. The summed E-state index contributed by atoms with van der Waals surface area (Å²) in [5, 5.41) is 6.61. The van der Waals surface area contributed by atoms with Gasteiger partial charge in [-0.05, 0) is 45.0 Å². The summed E-state index contributed by atoms with van der Waals surface area (Å²) in [6.07, 6.45) is 4.04. The fraction of sp³-hybridized carbons (Fsp3) is 0.611. The van der Waals surface area contributed by atoms with E-state index in [1.807, 2.05) is 30.3 Å². The van der Waals surface area contributed by atoms with E-state index in [0.29, 0.717) is 6.61 Å². The fourth-order valence-electron chi connectivity index (χ4n) is 2.68. The van der Waals surface area contributed by atoms with Crippen molar-refractivity contribution in [2.45, 2.75) is 26.2 Å². The Morgan fingerprint density at radius 3 is 2.65 bits per heavy atom. The summed E-state index contributed by atoms with van der Waals surface area (Å²) in [5.74, 6) is 1.78. The number of nitrogens with zero attached hydrogens (tertiary/aromatic N) is 2. The number of piperidine rings is 1. The van der Waals surface area contributed by atoms with Gasteiger partial charge in [0.2, 0.25) is 0 Å². The minimum absolute atomic E-state index is 0.626. The van der Waals surface area contributed by atoms with Gasteiger partial charge in [0.05, 0.1) is 13.1 Å². The van der Waals surface area contributed by atoms with Crippen LogP contribution in [-0.2, 0) is 0 Å². The Morgan fingerprint density at radius 1 is 1.13 bits per heavy atom. The Morgan fingerprint density at radius 2 is 1.91 bits per heavy atom. The van der Waals surface area contributed by atoms with Crippen molar-refractivity contribution in [3.8, 4) is 5.75 Å². The lowest BCUT2D eigenvalue weighted by Gasteiger charge is -2.25. The quantitative estimate of drug-likeness (QED) is 0.438. The molecule has 1 aliphatic heterocycles. The third-order valence-corrected chi connectivity index (χ3v) is 3.89. The second kappa shape index (κ2) is 10.9. The molecule has 0 unspecified atom stereocenters. The van der Waals surface area contributed by atoms with Crippen LogP contribution in [0.15, 0.2) is 35.3 Å². The Balaban J connectivity index is 1.64. The molecule has 0 bridgehead atoms. The summed E-state index contributed by atoms with van der Waals surface area (Å²) >= 11 is 0. The predicted molar refractivity (Wildman–Crippen MR) is 96.2 cm³/mol. The zero-order chi connectivity index (χ0) is 16.2. The van der Waals surface area contributed by atoms with Crippen molar-refractivity contribution in [1.29, 1.82) is 0 Å². The highest BCUT2D eigenvalue weighted by Gasteiger charge is 2.08. The van der Waals surface area contributed by atoms with Gasteiger partial charge in [0, 0.05) is 13.1 Å². The standard InChI is InChI=1S/C18H30N4O/c1-2-19-18(20-11-15-22-13-7-4-8-14-22)21-12-16-23-17-9-5-3-6-10-17/h3,5-6,9-10H,2,4,7-8,11-16H2,1H3,(H2,19,20,21). The van der Waals surface area contributed by atoms with Crippen LogP contribution < -0.4 is 15.4 Å². The maximum atomic E-state index is 5.68. The molecule has 1 aromatic carbocycles. The maximum Gasteiger partial charge on any atom is 0.191 e. The first kappa shape index (κ1) is 17.6. The molecule has 23 heavy (non-hydrogen) atoms. The number of hydrogen-bond donors (Lipinski definition) is 2. The first-order chi connectivity index (χ1) is 11.4. The smallest absolute Gasteiger partial charge is 0.191 e. The Bertz CT molecular complexity index is 444. The van der Waals surface area contributed by atoms with E-state index in [2.05, 4.69) is 27.4 Å². The zero-order valence-corrected chi connectivity index (χ0v) is 14.3. The normalized spacial score (nSPS) is 16.1. The van der Waals surface area contributed by atoms with Crippen LogP contribution in [0.1, 0.15) is 26.2 Å². The number of guanidine groups is 1. The number of aliphatic imine (C=N–C) groups is 1. The Hall–Kier alpha value is -1.75. The molecule has 1 aliphatic rings. The molecular weight excluding hydrogens is 288 g/mol. The monoisotopic (exact) mass is 318 g/mol. The van der Waals surface area contributed by atoms with Crippen molar-refractivity contribution >= 4 is 5.96 Å². The predicted octanol–water partition coefficient (Wildman–Crippen LogP) is 2.11. The molecule has 0 aliphatic carbocycles. The van der Waals surface area contributed by atoms with Crippen LogP contribution in [0, 0.1) is 0 Å². The number of ether oxygens (including phenoxy) is 1. The summed E-state index contributed by atoms with van der Waals surface area (Å²) in [6, 6.07) is 9.89. The van der Waals surface area contributed by atoms with Crippen LogP contribution in [0.3, 0.4) is 0 Å². The molecule has 2 N–H and O–H groups in total. The number of para-hydroxylation sites is 1. The summed E-state index contributed by atoms with van der Waals surface area (Å²) in [5.41, 5.74) is 0. The van der Waals surface area contributed by atoms with E-state index in [4.69, 9.17) is 4.74 Å². The molecule has 0 spiro atoms. The second-order valence-electron chi connectivity index (χ2n) is 5.75. The second-order valence-corrected chi connectivity index (χ2v) is 5.75. The molecule has 1 fully saturated rings. The van der Waals surface area contributed by atoms with Crippen molar-refractivity contribution in [2.24, 2.45) is 4.99 Å². The third-order valence-electron chi connectivity index (χ3n) is 3.89. The summed E-state index contributed by atoms with van der Waals surface area (Å²) in [6.45, 7) is 8.67. The molecule has 1 saturated heterocycles. The molecule has 5 heteroatoms. The molecule has 5 nitrogen and oxygen atoms in total. The van der Waals surface area contributed by atoms with E-state index < -0.39 is 0 Å². The molecule has 0 aromatic heterocycles. The molecule has 2 rings (SSSR count). The average Bonchev–Trinajstić information content (AvgIpc) is 2.60. The van der Waals surface area contributed by atoms with Gasteiger partial charge in [-0.15, -0.1) is 0 Å². The van der Waals surface area contributed by atoms with Gasteiger partial charge in [0.1, 0.15) is 12.4 Å². The minimum Gasteiger partial charge on any atom is -0.492 e. The highest BCUT2D eigenvalue weighted by atomic mass is 16.5. The number of benzene rings is 1. The van der Waals surface area contributed by atoms with Gasteiger partial charge in [-0.25, -0.2) is 0 Å². The van der Waals surface area contributed by atoms with Crippen molar-refractivity contribution in [1.82, 2.24) is 15.5 Å². The Labute approximate surface area is 140 Å². The topological polar surface area (TPSA) is 48.9 Å². The lowest BCUT2D eigenvalue weighted by molar-refractivity contribution is 0.235. The maximum absolute atomic E-state index is 5.68. The van der Waals surface area contributed by atoms with Crippen LogP contribution >= 0.6 is 0 Å². The van der Waals surface area contributed by atoms with E-state index in [-0.39, 0.29) is 0 Å². The van der Waals surface area contributed by atoms with Crippen molar-refractivity contribution in [2.75, 3.05) is 45.9 Å². The number of hydrogen-bond acceptors (Lipinski definition) is 3. The summed E-state index contributed by atoms with van der Waals surface area (Å²) in [7, 11) is 0. The van der Waals surface area contributed by atoms with E-state index in [0.717, 1.165) is 37.9 Å². The van der Waals surface area contributed by atoms with Gasteiger partial charge in [-0.2, -0.15) is 0 Å². The largest absolute Gasteiger partial charge is 0.492 e. The van der Waals surface area contributed by atoms with Crippen LogP contribution in [0.5, 0.6) is 5.75 Å². The molecule has 1 aromatic rings. The van der Waals surface area contributed by atoms with Gasteiger partial charge in [-0.3, -0.25) is 4.99 Å². The van der Waals surface area contributed by atoms with Gasteiger partial charge < -0.3 is 20.3 Å². The average molecular weight is 318 g/mol. The van der Waals surface area contributed by atoms with E-state index >= 15 is 0 Å². The Kier molecular flexibility index (Phi) is 8.33. The number of nitrogens with one attached hydrogen (secondary N) is 2.